The minimum Gasteiger partial charge on any atom is -0.494 e. The van der Waals surface area contributed by atoms with Crippen LogP contribution >= 0.6 is 0 Å². The van der Waals surface area contributed by atoms with E-state index in [4.69, 9.17) is 14.6 Å². The molecule has 2 rings (SSSR count). The van der Waals surface area contributed by atoms with Crippen molar-refractivity contribution in [2.45, 2.75) is 71.3 Å². The number of esters is 1. The largest absolute Gasteiger partial charge is 0.494 e. The summed E-state index contributed by atoms with van der Waals surface area (Å²) in [5, 5.41) is 18.7. The minimum absolute atomic E-state index is 0.0161. The van der Waals surface area contributed by atoms with Crippen molar-refractivity contribution in [2.75, 3.05) is 13.2 Å². The molecule has 0 fully saturated rings. The molecule has 1 aromatic rings. The molecular formula is C28H37NO9. The maximum atomic E-state index is 12.3. The third-order valence-electron chi connectivity index (χ3n) is 5.95. The normalized spacial score (nSPS) is 14.9. The van der Waals surface area contributed by atoms with Gasteiger partial charge in [0.15, 0.2) is 0 Å². The number of imide groups is 1. The number of hydrogen-bond acceptors (Lipinski definition) is 7. The van der Waals surface area contributed by atoms with Crippen LogP contribution in [0.1, 0.15) is 64.9 Å². The van der Waals surface area contributed by atoms with Crippen LogP contribution in [0, 0.1) is 11.8 Å². The van der Waals surface area contributed by atoms with Gasteiger partial charge in [-0.3, -0.25) is 28.9 Å². The molecule has 0 saturated heterocycles. The van der Waals surface area contributed by atoms with Crippen LogP contribution in [0.2, 0.25) is 0 Å². The van der Waals surface area contributed by atoms with E-state index in [1.165, 1.54) is 12.2 Å². The van der Waals surface area contributed by atoms with Crippen LogP contribution in [0.4, 0.5) is 0 Å². The zero-order valence-corrected chi connectivity index (χ0v) is 22.2. The molecule has 208 valence electrons. The summed E-state index contributed by atoms with van der Waals surface area (Å²) in [4.78, 5) is 59.5. The van der Waals surface area contributed by atoms with Crippen molar-refractivity contribution in [3.05, 3.63) is 42.0 Å². The van der Waals surface area contributed by atoms with E-state index in [1.54, 1.807) is 32.9 Å². The van der Waals surface area contributed by atoms with Crippen LogP contribution in [-0.2, 0) is 35.1 Å². The topological polar surface area (TPSA) is 148 Å². The number of aliphatic carboxylic acids is 2. The second-order valence-corrected chi connectivity index (χ2v) is 10.4. The minimum atomic E-state index is -1.09. The summed E-state index contributed by atoms with van der Waals surface area (Å²) < 4.78 is 11.0. The van der Waals surface area contributed by atoms with Crippen molar-refractivity contribution in [3.8, 4) is 5.75 Å². The Morgan fingerprint density at radius 2 is 1.61 bits per heavy atom. The standard InChI is InChI=1S/C28H37NO9/c1-28(2,3)38-26(34)18-21(27(35)36)17-20(6-4-7-25(32)33)16-19-8-10-22(11-9-19)37-15-5-14-29-23(30)12-13-24(29)31/h8-13,20-21H,4-7,14-18H2,1-3H3,(H,32,33)(H,35,36). The van der Waals surface area contributed by atoms with Gasteiger partial charge in [-0.2, -0.15) is 0 Å². The van der Waals surface area contributed by atoms with Gasteiger partial charge in [0, 0.05) is 25.1 Å². The summed E-state index contributed by atoms with van der Waals surface area (Å²) in [5.74, 6) is -3.70. The van der Waals surface area contributed by atoms with Crippen molar-refractivity contribution in [1.29, 1.82) is 0 Å². The first-order valence-corrected chi connectivity index (χ1v) is 12.8. The fourth-order valence-corrected chi connectivity index (χ4v) is 4.22. The molecule has 1 aliphatic rings. The first kappa shape index (κ1) is 30.5. The highest BCUT2D eigenvalue weighted by Crippen LogP contribution is 2.27. The molecule has 1 heterocycles. The lowest BCUT2D eigenvalue weighted by Crippen LogP contribution is -2.31. The first-order valence-electron chi connectivity index (χ1n) is 12.8. The molecule has 10 heteroatoms. The summed E-state index contributed by atoms with van der Waals surface area (Å²) in [6.07, 6.45) is 4.35. The van der Waals surface area contributed by atoms with Crippen LogP contribution < -0.4 is 4.74 Å². The van der Waals surface area contributed by atoms with Crippen molar-refractivity contribution < 1.29 is 43.7 Å². The van der Waals surface area contributed by atoms with Gasteiger partial charge >= 0.3 is 17.9 Å². The van der Waals surface area contributed by atoms with Gasteiger partial charge in [0.2, 0.25) is 0 Å². The van der Waals surface area contributed by atoms with Gasteiger partial charge in [0.05, 0.1) is 18.9 Å². The Morgan fingerprint density at radius 1 is 0.974 bits per heavy atom. The summed E-state index contributed by atoms with van der Waals surface area (Å²) in [6, 6.07) is 7.29. The van der Waals surface area contributed by atoms with Crippen LogP contribution in [0.5, 0.6) is 5.75 Å². The average Bonchev–Trinajstić information content (AvgIpc) is 3.12. The first-order chi connectivity index (χ1) is 17.8. The number of benzene rings is 1. The van der Waals surface area contributed by atoms with Crippen molar-refractivity contribution in [2.24, 2.45) is 11.8 Å². The van der Waals surface area contributed by atoms with Gasteiger partial charge in [0.1, 0.15) is 11.4 Å². The number of rotatable bonds is 16. The summed E-state index contributed by atoms with van der Waals surface area (Å²) in [7, 11) is 0. The fourth-order valence-electron chi connectivity index (χ4n) is 4.22. The third-order valence-corrected chi connectivity index (χ3v) is 5.95. The fraction of sp³-hybridized carbons (Fsp3) is 0.536. The number of amides is 2. The number of carbonyl (C=O) groups excluding carboxylic acids is 3. The third kappa shape index (κ3) is 11.1. The Morgan fingerprint density at radius 3 is 2.16 bits per heavy atom. The van der Waals surface area contributed by atoms with Gasteiger partial charge in [-0.25, -0.2) is 0 Å². The predicted octanol–water partition coefficient (Wildman–Crippen LogP) is 3.62. The number of nitrogens with zero attached hydrogens (tertiary/aromatic N) is 1. The highest BCUT2D eigenvalue weighted by atomic mass is 16.6. The van der Waals surface area contributed by atoms with E-state index in [0.29, 0.717) is 38.0 Å². The molecule has 2 atom stereocenters. The molecule has 0 saturated carbocycles. The second kappa shape index (κ2) is 14.3. The highest BCUT2D eigenvalue weighted by Gasteiger charge is 2.28. The molecule has 2 unspecified atom stereocenters. The zero-order valence-electron chi connectivity index (χ0n) is 22.2. The SMILES string of the molecule is CC(C)(C)OC(=O)CC(CC(CCCC(=O)O)Cc1ccc(OCCCN2C(=O)C=CC2=O)cc1)C(=O)O. The van der Waals surface area contributed by atoms with Crippen molar-refractivity contribution in [3.63, 3.8) is 0 Å². The molecule has 2 N–H and O–H groups in total. The molecule has 0 aromatic heterocycles. The number of hydrogen-bond donors (Lipinski definition) is 2. The van der Waals surface area contributed by atoms with Crippen molar-refractivity contribution in [1.82, 2.24) is 4.90 Å². The Balaban J connectivity index is 1.94. The summed E-state index contributed by atoms with van der Waals surface area (Å²) in [6.45, 7) is 5.75. The zero-order chi connectivity index (χ0) is 28.3. The molecule has 2 amide bonds. The van der Waals surface area contributed by atoms with E-state index in [9.17, 15) is 29.1 Å². The van der Waals surface area contributed by atoms with Gasteiger partial charge in [-0.15, -0.1) is 0 Å². The second-order valence-electron chi connectivity index (χ2n) is 10.4. The number of carbonyl (C=O) groups is 5. The van der Waals surface area contributed by atoms with Gasteiger partial charge in [0.25, 0.3) is 11.8 Å². The Hall–Kier alpha value is -3.69. The van der Waals surface area contributed by atoms with Gasteiger partial charge in [-0.05, 0) is 76.5 Å². The quantitative estimate of drug-likeness (QED) is 0.185. The molecule has 1 aliphatic heterocycles. The number of carboxylic acid groups (broad SMARTS) is 2. The molecule has 0 spiro atoms. The summed E-state index contributed by atoms with van der Waals surface area (Å²) >= 11 is 0. The molecule has 0 bridgehead atoms. The Kier molecular flexibility index (Phi) is 11.5. The summed E-state index contributed by atoms with van der Waals surface area (Å²) in [5.41, 5.74) is 0.212. The Labute approximate surface area is 222 Å². The van der Waals surface area contributed by atoms with E-state index in [1.807, 2.05) is 12.1 Å². The van der Waals surface area contributed by atoms with Crippen LogP contribution in [-0.4, -0.2) is 63.6 Å². The maximum Gasteiger partial charge on any atom is 0.307 e. The number of carboxylic acids is 2. The predicted molar refractivity (Wildman–Crippen MR) is 137 cm³/mol. The molecule has 1 aromatic carbocycles. The maximum absolute atomic E-state index is 12.3. The van der Waals surface area contributed by atoms with E-state index >= 15 is 0 Å². The van der Waals surface area contributed by atoms with Crippen LogP contribution in [0.25, 0.3) is 0 Å². The van der Waals surface area contributed by atoms with Crippen LogP contribution in [0.3, 0.4) is 0 Å². The smallest absolute Gasteiger partial charge is 0.307 e. The van der Waals surface area contributed by atoms with Crippen LogP contribution in [0.15, 0.2) is 36.4 Å². The van der Waals surface area contributed by atoms with Gasteiger partial charge < -0.3 is 19.7 Å². The molecular weight excluding hydrogens is 494 g/mol. The lowest BCUT2D eigenvalue weighted by atomic mass is 9.84. The lowest BCUT2D eigenvalue weighted by Gasteiger charge is -2.23. The average molecular weight is 532 g/mol. The molecule has 38 heavy (non-hydrogen) atoms. The highest BCUT2D eigenvalue weighted by molar-refractivity contribution is 6.12. The molecule has 10 nitrogen and oxygen atoms in total. The van der Waals surface area contributed by atoms with E-state index < -0.39 is 29.4 Å². The molecule has 0 radical (unpaired) electrons. The Bertz CT molecular complexity index is 1010. The van der Waals surface area contributed by atoms with Crippen molar-refractivity contribution >= 4 is 29.7 Å². The van der Waals surface area contributed by atoms with E-state index in [-0.39, 0.29) is 43.5 Å². The molecule has 0 aliphatic carbocycles. The number of ether oxygens (including phenoxy) is 2. The van der Waals surface area contributed by atoms with E-state index in [0.717, 1.165) is 10.5 Å². The lowest BCUT2D eigenvalue weighted by molar-refractivity contribution is -0.160. The van der Waals surface area contributed by atoms with E-state index in [2.05, 4.69) is 0 Å². The monoisotopic (exact) mass is 531 g/mol. The van der Waals surface area contributed by atoms with Gasteiger partial charge in [-0.1, -0.05) is 12.1 Å².